The smallest absolute Gasteiger partial charge is 0.417 e. The number of nitrogens with zero attached hydrogens (tertiary/aromatic N) is 2. The Morgan fingerprint density at radius 1 is 1.20 bits per heavy atom. The normalized spacial score (nSPS) is 21.0. The zero-order valence-electron chi connectivity index (χ0n) is 16.0. The SMILES string of the molecule is C[C@@H](O)[C@H]1C(=O)N2C(C(=O)O)=C(c3ccc(OC(=O)Nc4ccncc4)cc3)C[C@H]12. The number of fused-ring (bicyclic) bond motifs is 1. The van der Waals surface area contributed by atoms with E-state index in [2.05, 4.69) is 10.3 Å². The molecule has 9 heteroatoms. The minimum absolute atomic E-state index is 0.0639. The highest BCUT2D eigenvalue weighted by molar-refractivity contribution is 6.06. The van der Waals surface area contributed by atoms with Crippen LogP contribution in [0.3, 0.4) is 0 Å². The van der Waals surface area contributed by atoms with Crippen LogP contribution in [-0.4, -0.2) is 50.2 Å². The van der Waals surface area contributed by atoms with Gasteiger partial charge in [0, 0.05) is 18.1 Å². The van der Waals surface area contributed by atoms with E-state index in [1.54, 1.807) is 36.4 Å². The summed E-state index contributed by atoms with van der Waals surface area (Å²) in [6.07, 6.45) is 1.90. The highest BCUT2D eigenvalue weighted by atomic mass is 16.6. The van der Waals surface area contributed by atoms with E-state index < -0.39 is 24.1 Å². The highest BCUT2D eigenvalue weighted by Crippen LogP contribution is 2.47. The van der Waals surface area contributed by atoms with Gasteiger partial charge >= 0.3 is 12.1 Å². The highest BCUT2D eigenvalue weighted by Gasteiger charge is 2.56. The quantitative estimate of drug-likeness (QED) is 0.645. The Labute approximate surface area is 171 Å². The first kappa shape index (κ1) is 19.6. The molecule has 0 bridgehead atoms. The number of aliphatic hydroxyl groups excluding tert-OH is 1. The fourth-order valence-corrected chi connectivity index (χ4v) is 3.94. The van der Waals surface area contributed by atoms with Crippen LogP contribution < -0.4 is 10.1 Å². The lowest BCUT2D eigenvalue weighted by Gasteiger charge is -2.44. The summed E-state index contributed by atoms with van der Waals surface area (Å²) in [7, 11) is 0. The van der Waals surface area contributed by atoms with Gasteiger partial charge in [-0.1, -0.05) is 12.1 Å². The number of pyridine rings is 1. The van der Waals surface area contributed by atoms with E-state index in [1.807, 2.05) is 0 Å². The van der Waals surface area contributed by atoms with Crippen LogP contribution in [0.4, 0.5) is 10.5 Å². The number of rotatable bonds is 5. The number of nitrogens with one attached hydrogen (secondary N) is 1. The Morgan fingerprint density at radius 3 is 2.47 bits per heavy atom. The van der Waals surface area contributed by atoms with Gasteiger partial charge in [-0.05, 0) is 48.7 Å². The second-order valence-electron chi connectivity index (χ2n) is 7.15. The maximum atomic E-state index is 12.3. The maximum absolute atomic E-state index is 12.3. The number of carbonyl (C=O) groups is 3. The summed E-state index contributed by atoms with van der Waals surface area (Å²) < 4.78 is 5.23. The number of hydrogen-bond acceptors (Lipinski definition) is 6. The Hall–Kier alpha value is -3.72. The van der Waals surface area contributed by atoms with Crippen molar-refractivity contribution in [3.63, 3.8) is 0 Å². The third-order valence-corrected chi connectivity index (χ3v) is 5.27. The second-order valence-corrected chi connectivity index (χ2v) is 7.15. The van der Waals surface area contributed by atoms with Crippen LogP contribution in [0.1, 0.15) is 18.9 Å². The van der Waals surface area contributed by atoms with Crippen molar-refractivity contribution in [2.24, 2.45) is 5.92 Å². The molecule has 3 atom stereocenters. The molecule has 0 radical (unpaired) electrons. The van der Waals surface area contributed by atoms with Gasteiger partial charge < -0.3 is 19.8 Å². The summed E-state index contributed by atoms with van der Waals surface area (Å²) in [5.41, 5.74) is 1.60. The molecular formula is C21H19N3O6. The summed E-state index contributed by atoms with van der Waals surface area (Å²) in [5.74, 6) is -1.89. The third kappa shape index (κ3) is 3.39. The molecule has 0 unspecified atom stereocenters. The Bertz CT molecular complexity index is 1030. The topological polar surface area (TPSA) is 129 Å². The van der Waals surface area contributed by atoms with E-state index in [-0.39, 0.29) is 23.4 Å². The molecule has 9 nitrogen and oxygen atoms in total. The third-order valence-electron chi connectivity index (χ3n) is 5.27. The van der Waals surface area contributed by atoms with Gasteiger partial charge in [-0.3, -0.25) is 15.1 Å². The van der Waals surface area contributed by atoms with Crippen molar-refractivity contribution in [1.29, 1.82) is 0 Å². The van der Waals surface area contributed by atoms with Crippen molar-refractivity contribution < 1.29 is 29.3 Å². The zero-order valence-corrected chi connectivity index (χ0v) is 16.0. The number of carboxylic acid groups (broad SMARTS) is 1. The van der Waals surface area contributed by atoms with Gasteiger partial charge in [0.2, 0.25) is 5.91 Å². The van der Waals surface area contributed by atoms with E-state index in [4.69, 9.17) is 4.74 Å². The fraction of sp³-hybridized carbons (Fsp3) is 0.238. The van der Waals surface area contributed by atoms with Crippen LogP contribution in [0, 0.1) is 5.92 Å². The molecule has 2 aliphatic rings. The maximum Gasteiger partial charge on any atom is 0.417 e. The molecule has 1 fully saturated rings. The van der Waals surface area contributed by atoms with Gasteiger partial charge in [0.15, 0.2) is 0 Å². The van der Waals surface area contributed by atoms with E-state index >= 15 is 0 Å². The molecule has 154 valence electrons. The van der Waals surface area contributed by atoms with E-state index in [9.17, 15) is 24.6 Å². The van der Waals surface area contributed by atoms with E-state index in [1.165, 1.54) is 24.2 Å². The second kappa shape index (κ2) is 7.60. The van der Waals surface area contributed by atoms with Crippen LogP contribution in [0.5, 0.6) is 5.75 Å². The van der Waals surface area contributed by atoms with Gasteiger partial charge in [-0.2, -0.15) is 0 Å². The largest absolute Gasteiger partial charge is 0.477 e. The predicted octanol–water partition coefficient (Wildman–Crippen LogP) is 2.10. The summed E-state index contributed by atoms with van der Waals surface area (Å²) >= 11 is 0. The van der Waals surface area contributed by atoms with Crippen LogP contribution in [0.2, 0.25) is 0 Å². The number of β-lactam (4-membered cyclic amide) rings is 1. The van der Waals surface area contributed by atoms with Crippen molar-refractivity contribution in [3.8, 4) is 5.75 Å². The van der Waals surface area contributed by atoms with Crippen LogP contribution in [-0.2, 0) is 9.59 Å². The van der Waals surface area contributed by atoms with E-state index in [0.29, 0.717) is 23.2 Å². The molecule has 1 aromatic carbocycles. The van der Waals surface area contributed by atoms with Gasteiger partial charge in [0.1, 0.15) is 11.4 Å². The average Bonchev–Trinajstić information content (AvgIpc) is 3.04. The number of aliphatic carboxylic acids is 1. The molecule has 4 rings (SSSR count). The molecular weight excluding hydrogens is 390 g/mol. The number of ether oxygens (including phenoxy) is 1. The molecule has 2 amide bonds. The number of benzene rings is 1. The molecule has 0 spiro atoms. The number of aromatic nitrogens is 1. The first-order valence-electron chi connectivity index (χ1n) is 9.33. The summed E-state index contributed by atoms with van der Waals surface area (Å²) in [5, 5.41) is 22.0. The lowest BCUT2D eigenvalue weighted by atomic mass is 9.82. The molecule has 2 aliphatic heterocycles. The fourth-order valence-electron chi connectivity index (χ4n) is 3.94. The van der Waals surface area contributed by atoms with Gasteiger partial charge in [-0.15, -0.1) is 0 Å². The number of carboxylic acids is 1. The Balaban J connectivity index is 1.50. The summed E-state index contributed by atoms with van der Waals surface area (Å²) in [6.45, 7) is 1.53. The molecule has 2 aromatic rings. The van der Waals surface area contributed by atoms with Gasteiger partial charge in [0.25, 0.3) is 0 Å². The first-order chi connectivity index (χ1) is 14.4. The minimum Gasteiger partial charge on any atom is -0.477 e. The standard InChI is InChI=1S/C21H19N3O6/c1-11(25)17-16-10-15(18(20(27)28)24(16)19(17)26)12-2-4-14(5-3-12)30-21(29)23-13-6-8-22-9-7-13/h2-9,11,16-17,25H,10H2,1H3,(H,27,28)(H,22,23,29)/t11-,16-,17-/m1/s1. The number of aliphatic hydroxyl groups is 1. The minimum atomic E-state index is -1.19. The molecule has 3 N–H and O–H groups in total. The van der Waals surface area contributed by atoms with Gasteiger partial charge in [0.05, 0.1) is 18.1 Å². The molecule has 0 aliphatic carbocycles. The van der Waals surface area contributed by atoms with Crippen molar-refractivity contribution in [1.82, 2.24) is 9.88 Å². The Morgan fingerprint density at radius 2 is 1.87 bits per heavy atom. The van der Waals surface area contributed by atoms with Crippen LogP contribution >= 0.6 is 0 Å². The molecule has 3 heterocycles. The van der Waals surface area contributed by atoms with Crippen molar-refractivity contribution in [3.05, 3.63) is 60.1 Å². The number of anilines is 1. The van der Waals surface area contributed by atoms with Crippen molar-refractivity contribution >= 4 is 29.2 Å². The molecule has 30 heavy (non-hydrogen) atoms. The van der Waals surface area contributed by atoms with Crippen molar-refractivity contribution in [2.45, 2.75) is 25.5 Å². The number of hydrogen-bond donors (Lipinski definition) is 3. The lowest BCUT2D eigenvalue weighted by molar-refractivity contribution is -0.161. The number of carbonyl (C=O) groups excluding carboxylic acids is 2. The Kier molecular flexibility index (Phi) is 4.96. The lowest BCUT2D eigenvalue weighted by Crippen LogP contribution is -2.61. The van der Waals surface area contributed by atoms with Crippen molar-refractivity contribution in [2.75, 3.05) is 5.32 Å². The van der Waals surface area contributed by atoms with Crippen LogP contribution in [0.15, 0.2) is 54.5 Å². The molecule has 1 aromatic heterocycles. The molecule has 0 saturated carbocycles. The predicted molar refractivity (Wildman–Crippen MR) is 105 cm³/mol. The molecule has 1 saturated heterocycles. The monoisotopic (exact) mass is 409 g/mol. The average molecular weight is 409 g/mol. The van der Waals surface area contributed by atoms with E-state index in [0.717, 1.165) is 0 Å². The first-order valence-corrected chi connectivity index (χ1v) is 9.33. The van der Waals surface area contributed by atoms with Crippen LogP contribution in [0.25, 0.3) is 5.57 Å². The number of amides is 2. The summed E-state index contributed by atoms with van der Waals surface area (Å²) in [4.78, 5) is 41.2. The zero-order chi connectivity index (χ0) is 21.4. The summed E-state index contributed by atoms with van der Waals surface area (Å²) in [6, 6.07) is 9.27. The van der Waals surface area contributed by atoms with Gasteiger partial charge in [-0.25, -0.2) is 9.59 Å².